The summed E-state index contributed by atoms with van der Waals surface area (Å²) in [7, 11) is 3.13. The number of ether oxygens (including phenoxy) is 2. The van der Waals surface area contributed by atoms with Gasteiger partial charge in [0.05, 0.1) is 31.3 Å². The summed E-state index contributed by atoms with van der Waals surface area (Å²) in [6.07, 6.45) is 5.44. The largest absolute Gasteiger partial charge is 0.497 e. The van der Waals surface area contributed by atoms with E-state index in [1.165, 1.54) is 0 Å². The van der Waals surface area contributed by atoms with Gasteiger partial charge in [-0.15, -0.1) is 10.2 Å². The third-order valence-electron chi connectivity index (χ3n) is 3.74. The fraction of sp³-hybridized carbons (Fsp3) is 0.235. The van der Waals surface area contributed by atoms with Gasteiger partial charge in [0.1, 0.15) is 11.5 Å². The molecule has 0 amide bonds. The highest BCUT2D eigenvalue weighted by molar-refractivity contribution is 5.90. The van der Waals surface area contributed by atoms with Crippen LogP contribution in [-0.2, 0) is 4.79 Å². The van der Waals surface area contributed by atoms with Crippen LogP contribution in [0.25, 0.3) is 11.5 Å². The monoisotopic (exact) mass is 328 g/mol. The highest BCUT2D eigenvalue weighted by Crippen LogP contribution is 2.34. The number of methoxy groups -OCH3 is 2. The molecular weight excluding hydrogens is 312 g/mol. The van der Waals surface area contributed by atoms with Crippen LogP contribution in [0, 0.1) is 0 Å². The van der Waals surface area contributed by atoms with E-state index in [1.54, 1.807) is 50.6 Å². The van der Waals surface area contributed by atoms with E-state index in [9.17, 15) is 4.79 Å². The third kappa shape index (κ3) is 3.01. The van der Waals surface area contributed by atoms with Gasteiger partial charge in [0, 0.05) is 0 Å². The fourth-order valence-corrected chi connectivity index (χ4v) is 2.44. The van der Waals surface area contributed by atoms with E-state index in [0.29, 0.717) is 35.3 Å². The molecule has 0 fully saturated rings. The van der Waals surface area contributed by atoms with Crippen molar-refractivity contribution in [2.24, 2.45) is 0 Å². The Balaban J connectivity index is 1.87. The summed E-state index contributed by atoms with van der Waals surface area (Å²) in [5.74, 6) is 0.896. The number of carboxylic acid groups (broad SMARTS) is 1. The van der Waals surface area contributed by atoms with Gasteiger partial charge in [0.2, 0.25) is 5.89 Å². The van der Waals surface area contributed by atoms with Gasteiger partial charge in [-0.2, -0.15) is 0 Å². The second kappa shape index (κ2) is 6.57. The van der Waals surface area contributed by atoms with Crippen LogP contribution in [0.1, 0.15) is 18.2 Å². The molecule has 1 aromatic carbocycles. The summed E-state index contributed by atoms with van der Waals surface area (Å²) in [5.41, 5.74) is 0.901. The minimum absolute atomic E-state index is 0.147. The Hall–Kier alpha value is -3.09. The van der Waals surface area contributed by atoms with Crippen molar-refractivity contribution in [3.8, 4) is 23.0 Å². The van der Waals surface area contributed by atoms with Gasteiger partial charge in [0.25, 0.3) is 5.89 Å². The van der Waals surface area contributed by atoms with Gasteiger partial charge in [-0.25, -0.2) is 4.79 Å². The molecule has 24 heavy (non-hydrogen) atoms. The Morgan fingerprint density at radius 3 is 2.75 bits per heavy atom. The molecule has 2 aromatic rings. The molecule has 0 spiro atoms. The fourth-order valence-electron chi connectivity index (χ4n) is 2.44. The second-order valence-corrected chi connectivity index (χ2v) is 5.18. The first kappa shape index (κ1) is 15.8. The van der Waals surface area contributed by atoms with Crippen LogP contribution in [0.2, 0.25) is 0 Å². The number of carbonyl (C=O) groups is 1. The molecule has 1 aliphatic carbocycles. The molecule has 7 nitrogen and oxygen atoms in total. The number of hydrogen-bond donors (Lipinski definition) is 1. The lowest BCUT2D eigenvalue weighted by Crippen LogP contribution is -2.05. The van der Waals surface area contributed by atoms with Crippen molar-refractivity contribution in [2.45, 2.75) is 12.3 Å². The predicted octanol–water partition coefficient (Wildman–Crippen LogP) is 2.81. The van der Waals surface area contributed by atoms with Gasteiger partial charge in [0.15, 0.2) is 0 Å². The van der Waals surface area contributed by atoms with Crippen LogP contribution in [0.15, 0.2) is 46.4 Å². The van der Waals surface area contributed by atoms with Gasteiger partial charge >= 0.3 is 5.97 Å². The molecule has 7 heteroatoms. The molecule has 0 radical (unpaired) electrons. The second-order valence-electron chi connectivity index (χ2n) is 5.18. The van der Waals surface area contributed by atoms with Crippen LogP contribution in [0.4, 0.5) is 0 Å². The first-order chi connectivity index (χ1) is 11.6. The molecule has 1 aliphatic rings. The average molecular weight is 328 g/mol. The van der Waals surface area contributed by atoms with Crippen LogP contribution < -0.4 is 9.47 Å². The number of rotatable bonds is 5. The van der Waals surface area contributed by atoms with E-state index in [0.717, 1.165) is 0 Å². The molecule has 0 saturated carbocycles. The summed E-state index contributed by atoms with van der Waals surface area (Å²) >= 11 is 0. The topological polar surface area (TPSA) is 94.7 Å². The Kier molecular flexibility index (Phi) is 4.33. The predicted molar refractivity (Wildman–Crippen MR) is 85.1 cm³/mol. The quantitative estimate of drug-likeness (QED) is 0.901. The molecular formula is C17H16N2O5. The van der Waals surface area contributed by atoms with E-state index < -0.39 is 5.97 Å². The summed E-state index contributed by atoms with van der Waals surface area (Å²) in [5, 5.41) is 17.1. The molecule has 1 N–H and O–H groups in total. The molecule has 1 heterocycles. The van der Waals surface area contributed by atoms with Crippen LogP contribution in [0.5, 0.6) is 11.5 Å². The molecule has 0 aliphatic heterocycles. The standard InChI is InChI=1S/C17H16N2O5/c1-22-12-7-8-14(23-2)13(9-12)16-19-18-15(24-16)10-3-5-11(6-4-10)17(20)21/h3,5-10H,4H2,1-2H3,(H,20,21). The smallest absolute Gasteiger partial charge is 0.335 e. The Bertz CT molecular complexity index is 822. The van der Waals surface area contributed by atoms with E-state index >= 15 is 0 Å². The molecule has 124 valence electrons. The van der Waals surface area contributed by atoms with E-state index in [4.69, 9.17) is 19.0 Å². The first-order valence-corrected chi connectivity index (χ1v) is 7.30. The van der Waals surface area contributed by atoms with E-state index in [2.05, 4.69) is 10.2 Å². The maximum absolute atomic E-state index is 10.9. The van der Waals surface area contributed by atoms with Crippen molar-refractivity contribution in [3.05, 3.63) is 47.9 Å². The normalized spacial score (nSPS) is 16.6. The zero-order valence-corrected chi connectivity index (χ0v) is 13.2. The number of aliphatic carboxylic acids is 1. The van der Waals surface area contributed by atoms with Gasteiger partial charge in [-0.3, -0.25) is 0 Å². The zero-order valence-electron chi connectivity index (χ0n) is 13.2. The summed E-state index contributed by atoms with van der Waals surface area (Å²) in [4.78, 5) is 10.9. The van der Waals surface area contributed by atoms with Crippen molar-refractivity contribution >= 4 is 5.97 Å². The van der Waals surface area contributed by atoms with Gasteiger partial charge in [-0.1, -0.05) is 18.2 Å². The molecule has 1 unspecified atom stereocenters. The Labute approximate surface area is 138 Å². The van der Waals surface area contributed by atoms with Crippen molar-refractivity contribution < 1.29 is 23.8 Å². The minimum atomic E-state index is -0.947. The van der Waals surface area contributed by atoms with Crippen LogP contribution in [-0.4, -0.2) is 35.5 Å². The summed E-state index contributed by atoms with van der Waals surface area (Å²) in [6.45, 7) is 0. The number of aromatic nitrogens is 2. The lowest BCUT2D eigenvalue weighted by atomic mass is 9.97. The number of hydrogen-bond acceptors (Lipinski definition) is 6. The van der Waals surface area contributed by atoms with Crippen molar-refractivity contribution in [3.63, 3.8) is 0 Å². The number of allylic oxidation sites excluding steroid dienone is 2. The SMILES string of the molecule is COc1ccc(OC)c(-c2nnc(C3C=CC(C(=O)O)=CC3)o2)c1. The van der Waals surface area contributed by atoms with Crippen molar-refractivity contribution in [1.29, 1.82) is 0 Å². The first-order valence-electron chi connectivity index (χ1n) is 7.30. The average Bonchev–Trinajstić information content (AvgIpc) is 3.11. The van der Waals surface area contributed by atoms with Gasteiger partial charge in [-0.05, 0) is 24.6 Å². The lowest BCUT2D eigenvalue weighted by Gasteiger charge is -2.10. The maximum atomic E-state index is 10.9. The number of carboxylic acids is 1. The van der Waals surface area contributed by atoms with Crippen molar-refractivity contribution in [1.82, 2.24) is 10.2 Å². The molecule has 3 rings (SSSR count). The van der Waals surface area contributed by atoms with E-state index in [1.807, 2.05) is 0 Å². The summed E-state index contributed by atoms with van der Waals surface area (Å²) < 4.78 is 16.3. The van der Waals surface area contributed by atoms with Crippen LogP contribution in [0.3, 0.4) is 0 Å². The van der Waals surface area contributed by atoms with Crippen molar-refractivity contribution in [2.75, 3.05) is 14.2 Å². The number of nitrogens with zero attached hydrogens (tertiary/aromatic N) is 2. The lowest BCUT2D eigenvalue weighted by molar-refractivity contribution is -0.132. The van der Waals surface area contributed by atoms with Crippen LogP contribution >= 0.6 is 0 Å². The zero-order chi connectivity index (χ0) is 17.1. The summed E-state index contributed by atoms with van der Waals surface area (Å²) in [6, 6.07) is 5.30. The minimum Gasteiger partial charge on any atom is -0.497 e. The Morgan fingerprint density at radius 2 is 2.12 bits per heavy atom. The molecule has 1 atom stereocenters. The van der Waals surface area contributed by atoms with E-state index in [-0.39, 0.29) is 11.5 Å². The Morgan fingerprint density at radius 1 is 1.29 bits per heavy atom. The highest BCUT2D eigenvalue weighted by atomic mass is 16.5. The number of benzene rings is 1. The molecule has 0 bridgehead atoms. The van der Waals surface area contributed by atoms with Gasteiger partial charge < -0.3 is 19.0 Å². The molecule has 1 aromatic heterocycles. The third-order valence-corrected chi connectivity index (χ3v) is 3.74. The molecule has 0 saturated heterocycles. The highest BCUT2D eigenvalue weighted by Gasteiger charge is 2.21. The maximum Gasteiger partial charge on any atom is 0.335 e.